The first-order valence-electron chi connectivity index (χ1n) is 12.4. The standard InChI is InChI=1S/C27H38N4O3.H2/c1-27(2,3)22-8-10-24(11-9-22)31(20-34-19-23-7-5-13-29-23)25(21-6-4-12-28-18-21)26(32)30-14-16-33-17-15-30;/h4,6,8-12,18,23,25,29H,5,7,13-17,19-20H2,1-3H3;1H. The highest BCUT2D eigenvalue weighted by molar-refractivity contribution is 5.86. The molecule has 2 aliphatic heterocycles. The quantitative estimate of drug-likeness (QED) is 0.595. The van der Waals surface area contributed by atoms with Gasteiger partial charge in [-0.3, -0.25) is 9.78 Å². The summed E-state index contributed by atoms with van der Waals surface area (Å²) in [5.74, 6) is 0.0544. The Morgan fingerprint density at radius 2 is 2.03 bits per heavy atom. The molecular weight excluding hydrogens is 428 g/mol. The molecule has 0 bridgehead atoms. The maximum absolute atomic E-state index is 13.9. The number of amides is 1. The van der Waals surface area contributed by atoms with Crippen molar-refractivity contribution in [3.8, 4) is 0 Å². The Labute approximate surface area is 204 Å². The molecule has 0 aliphatic carbocycles. The predicted molar refractivity (Wildman–Crippen MR) is 136 cm³/mol. The van der Waals surface area contributed by atoms with Gasteiger partial charge in [0.05, 0.1) is 19.8 Å². The second kappa shape index (κ2) is 11.3. The number of carbonyl (C=O) groups is 1. The van der Waals surface area contributed by atoms with E-state index < -0.39 is 6.04 Å². The lowest BCUT2D eigenvalue weighted by atomic mass is 9.87. The third-order valence-electron chi connectivity index (χ3n) is 6.65. The van der Waals surface area contributed by atoms with E-state index in [1.165, 1.54) is 12.0 Å². The Hall–Kier alpha value is -2.48. The zero-order chi connectivity index (χ0) is 24.0. The van der Waals surface area contributed by atoms with Crippen LogP contribution in [0.4, 0.5) is 5.69 Å². The van der Waals surface area contributed by atoms with Gasteiger partial charge in [-0.1, -0.05) is 39.0 Å². The Balaban J connectivity index is 0.00000342. The summed E-state index contributed by atoms with van der Waals surface area (Å²) in [4.78, 5) is 22.2. The van der Waals surface area contributed by atoms with Crippen molar-refractivity contribution in [1.82, 2.24) is 15.2 Å². The molecule has 1 aromatic heterocycles. The van der Waals surface area contributed by atoms with Crippen LogP contribution in [0.3, 0.4) is 0 Å². The van der Waals surface area contributed by atoms with Crippen LogP contribution in [-0.2, 0) is 19.7 Å². The van der Waals surface area contributed by atoms with Gasteiger partial charge in [0.25, 0.3) is 0 Å². The Morgan fingerprint density at radius 1 is 1.26 bits per heavy atom. The van der Waals surface area contributed by atoms with Crippen LogP contribution >= 0.6 is 0 Å². The van der Waals surface area contributed by atoms with Crippen molar-refractivity contribution in [3.63, 3.8) is 0 Å². The minimum Gasteiger partial charge on any atom is -0.378 e. The number of hydrogen-bond donors (Lipinski definition) is 1. The van der Waals surface area contributed by atoms with Crippen molar-refractivity contribution >= 4 is 11.6 Å². The van der Waals surface area contributed by atoms with Crippen molar-refractivity contribution in [2.24, 2.45) is 0 Å². The van der Waals surface area contributed by atoms with Gasteiger partial charge in [0.15, 0.2) is 0 Å². The Morgan fingerprint density at radius 3 is 2.65 bits per heavy atom. The summed E-state index contributed by atoms with van der Waals surface area (Å²) in [5, 5.41) is 3.49. The molecule has 7 nitrogen and oxygen atoms in total. The summed E-state index contributed by atoms with van der Waals surface area (Å²) >= 11 is 0. The largest absolute Gasteiger partial charge is 0.378 e. The van der Waals surface area contributed by atoms with Crippen LogP contribution < -0.4 is 10.2 Å². The van der Waals surface area contributed by atoms with Crippen LogP contribution in [0.15, 0.2) is 48.8 Å². The number of pyridine rings is 1. The first kappa shape index (κ1) is 24.6. The van der Waals surface area contributed by atoms with Gasteiger partial charge in [0.2, 0.25) is 5.91 Å². The molecule has 4 rings (SSSR count). The minimum atomic E-state index is -0.524. The second-order valence-corrected chi connectivity index (χ2v) is 10.2. The van der Waals surface area contributed by atoms with Crippen molar-refractivity contribution in [1.29, 1.82) is 0 Å². The fraction of sp³-hybridized carbons (Fsp3) is 0.556. The molecule has 2 atom stereocenters. The molecule has 2 fully saturated rings. The molecule has 2 aliphatic rings. The molecule has 3 heterocycles. The molecule has 0 radical (unpaired) electrons. The molecular formula is C27H40N4O3. The number of nitrogens with zero attached hydrogens (tertiary/aromatic N) is 3. The van der Waals surface area contributed by atoms with E-state index in [0.29, 0.717) is 45.7 Å². The van der Waals surface area contributed by atoms with E-state index in [9.17, 15) is 4.79 Å². The summed E-state index contributed by atoms with van der Waals surface area (Å²) in [6, 6.07) is 12.2. The number of anilines is 1. The highest BCUT2D eigenvalue weighted by Crippen LogP contribution is 2.31. The van der Waals surface area contributed by atoms with Crippen LogP contribution in [0.1, 0.15) is 52.2 Å². The molecule has 1 aromatic carbocycles. The van der Waals surface area contributed by atoms with Crippen LogP contribution in [0.25, 0.3) is 0 Å². The van der Waals surface area contributed by atoms with Crippen molar-refractivity contribution < 1.29 is 15.7 Å². The van der Waals surface area contributed by atoms with E-state index >= 15 is 0 Å². The summed E-state index contributed by atoms with van der Waals surface area (Å²) < 4.78 is 11.7. The molecule has 7 heteroatoms. The zero-order valence-corrected chi connectivity index (χ0v) is 20.7. The van der Waals surface area contributed by atoms with E-state index in [4.69, 9.17) is 9.47 Å². The number of nitrogens with one attached hydrogen (secondary N) is 1. The van der Waals surface area contributed by atoms with Gasteiger partial charge >= 0.3 is 0 Å². The number of carbonyl (C=O) groups excluding carboxylic acids is 1. The zero-order valence-electron chi connectivity index (χ0n) is 20.7. The van der Waals surface area contributed by atoms with Crippen molar-refractivity contribution in [2.45, 2.75) is 51.1 Å². The first-order valence-corrected chi connectivity index (χ1v) is 12.4. The molecule has 1 N–H and O–H groups in total. The summed E-state index contributed by atoms with van der Waals surface area (Å²) in [5.41, 5.74) is 3.13. The maximum Gasteiger partial charge on any atom is 0.250 e. The Kier molecular flexibility index (Phi) is 8.19. The first-order chi connectivity index (χ1) is 16.4. The number of hydrogen-bond acceptors (Lipinski definition) is 6. The summed E-state index contributed by atoms with van der Waals surface area (Å²) in [7, 11) is 0. The smallest absolute Gasteiger partial charge is 0.250 e. The average molecular weight is 469 g/mol. The van der Waals surface area contributed by atoms with Crippen LogP contribution in [0.2, 0.25) is 0 Å². The predicted octanol–water partition coefficient (Wildman–Crippen LogP) is 3.76. The van der Waals surface area contributed by atoms with E-state index in [1.807, 2.05) is 17.0 Å². The lowest BCUT2D eigenvalue weighted by molar-refractivity contribution is -0.137. The summed E-state index contributed by atoms with van der Waals surface area (Å²) in [6.07, 6.45) is 5.83. The van der Waals surface area contributed by atoms with Crippen LogP contribution in [0, 0.1) is 0 Å². The second-order valence-electron chi connectivity index (χ2n) is 10.2. The van der Waals surface area contributed by atoms with Gasteiger partial charge in [-0.05, 0) is 48.6 Å². The molecule has 0 spiro atoms. The van der Waals surface area contributed by atoms with E-state index in [0.717, 1.165) is 24.2 Å². The molecule has 2 saturated heterocycles. The number of ether oxygens (including phenoxy) is 2. The van der Waals surface area contributed by atoms with Gasteiger partial charge < -0.3 is 24.6 Å². The fourth-order valence-corrected chi connectivity index (χ4v) is 4.59. The van der Waals surface area contributed by atoms with Gasteiger partial charge in [-0.15, -0.1) is 0 Å². The number of benzene rings is 1. The van der Waals surface area contributed by atoms with E-state index in [-0.39, 0.29) is 12.7 Å². The van der Waals surface area contributed by atoms with Gasteiger partial charge in [0, 0.05) is 44.2 Å². The minimum absolute atomic E-state index is 0. The highest BCUT2D eigenvalue weighted by atomic mass is 16.5. The normalized spacial score (nSPS) is 19.7. The van der Waals surface area contributed by atoms with Crippen LogP contribution in [-0.4, -0.2) is 68.0 Å². The van der Waals surface area contributed by atoms with Crippen LogP contribution in [0.5, 0.6) is 0 Å². The third kappa shape index (κ3) is 6.14. The Bertz CT molecular complexity index is 908. The van der Waals surface area contributed by atoms with Crippen molar-refractivity contribution in [2.75, 3.05) is 51.1 Å². The topological polar surface area (TPSA) is 66.9 Å². The SMILES string of the molecule is CC(C)(C)c1ccc(N(COCC2CCCN2)C(C(=O)N2CCOCC2)c2cccnc2)cc1.[HH]. The highest BCUT2D eigenvalue weighted by Gasteiger charge is 2.33. The number of morpholine rings is 1. The average Bonchev–Trinajstić information content (AvgIpc) is 3.37. The maximum atomic E-state index is 13.9. The van der Waals surface area contributed by atoms with E-state index in [1.54, 1.807) is 12.4 Å². The number of rotatable bonds is 8. The fourth-order valence-electron chi connectivity index (χ4n) is 4.59. The molecule has 2 unspecified atom stereocenters. The molecule has 34 heavy (non-hydrogen) atoms. The monoisotopic (exact) mass is 468 g/mol. The number of aromatic nitrogens is 1. The third-order valence-corrected chi connectivity index (χ3v) is 6.65. The van der Waals surface area contributed by atoms with Gasteiger partial charge in [0.1, 0.15) is 12.8 Å². The molecule has 186 valence electrons. The van der Waals surface area contributed by atoms with Crippen molar-refractivity contribution in [3.05, 3.63) is 59.9 Å². The van der Waals surface area contributed by atoms with E-state index in [2.05, 4.69) is 60.2 Å². The molecule has 0 saturated carbocycles. The lowest BCUT2D eigenvalue weighted by Crippen LogP contribution is -2.48. The van der Waals surface area contributed by atoms with Gasteiger partial charge in [-0.25, -0.2) is 0 Å². The van der Waals surface area contributed by atoms with Gasteiger partial charge in [-0.2, -0.15) is 0 Å². The summed E-state index contributed by atoms with van der Waals surface area (Å²) in [6.45, 7) is 10.9. The lowest BCUT2D eigenvalue weighted by Gasteiger charge is -2.37. The molecule has 2 aromatic rings. The molecule has 1 amide bonds.